The molecule has 3 aliphatic rings. The number of hydrogen-bond acceptors (Lipinski definition) is 4. The molecule has 0 radical (unpaired) electrons. The predicted octanol–water partition coefficient (Wildman–Crippen LogP) is 5.06. The Bertz CT molecular complexity index is 647. The lowest BCUT2D eigenvalue weighted by atomic mass is 9.42. The Kier molecular flexibility index (Phi) is 4.98. The molecule has 3 rings (SSSR count). The molecule has 0 bridgehead atoms. The van der Waals surface area contributed by atoms with Crippen molar-refractivity contribution in [1.82, 2.24) is 0 Å². The van der Waals surface area contributed by atoms with Gasteiger partial charge in [-0.05, 0) is 64.7 Å². The van der Waals surface area contributed by atoms with Crippen LogP contribution in [0, 0.1) is 34.5 Å². The van der Waals surface area contributed by atoms with Crippen molar-refractivity contribution in [2.45, 2.75) is 92.5 Å². The molecule has 154 valence electrons. The summed E-state index contributed by atoms with van der Waals surface area (Å²) in [5.41, 5.74) is -0.553. The van der Waals surface area contributed by atoms with Gasteiger partial charge in [0.05, 0.1) is 5.41 Å². The minimum absolute atomic E-state index is 0.0550. The molecule has 0 spiro atoms. The van der Waals surface area contributed by atoms with Crippen LogP contribution in [-0.2, 0) is 14.6 Å². The molecule has 4 heteroatoms. The van der Waals surface area contributed by atoms with Crippen LogP contribution in [-0.4, -0.2) is 22.3 Å². The molecule has 0 aromatic rings. The number of rotatable bonds is 4. The van der Waals surface area contributed by atoms with E-state index >= 15 is 0 Å². The van der Waals surface area contributed by atoms with Gasteiger partial charge >= 0.3 is 0 Å². The zero-order valence-corrected chi connectivity index (χ0v) is 18.4. The summed E-state index contributed by atoms with van der Waals surface area (Å²) in [6.07, 6.45) is 5.87. The molecule has 0 amide bonds. The molecule has 4 nitrogen and oxygen atoms in total. The highest BCUT2D eigenvalue weighted by Crippen LogP contribution is 2.75. The van der Waals surface area contributed by atoms with Gasteiger partial charge in [-0.25, -0.2) is 4.89 Å². The first-order valence-electron chi connectivity index (χ1n) is 10.6. The summed E-state index contributed by atoms with van der Waals surface area (Å²) in [6, 6.07) is 0. The van der Waals surface area contributed by atoms with Crippen molar-refractivity contribution < 1.29 is 19.7 Å². The molecule has 1 aliphatic heterocycles. The molecule has 6 atom stereocenters. The van der Waals surface area contributed by atoms with Gasteiger partial charge in [0.2, 0.25) is 5.79 Å². The topological polar surface area (TPSA) is 55.8 Å². The summed E-state index contributed by atoms with van der Waals surface area (Å²) in [4.78, 5) is 25.5. The number of ketones is 1. The maximum atomic E-state index is 13.9. The van der Waals surface area contributed by atoms with Crippen LogP contribution in [0.4, 0.5) is 0 Å². The number of hydrogen-bond donors (Lipinski definition) is 1. The number of aliphatic hydroxyl groups is 1. The standard InChI is InChI=1S/C23H38O4/c1-14(2)9-10-17-13-16(5)23(25)22(19(24)15(3)4)18(11-12-21(17,22)8)20(6,7)26-27-23/h9,15-18,25H,10-13H2,1-8H3/t16-,17-,18-,21+,22-,23-/m0/s1. The Morgan fingerprint density at radius 3 is 2.41 bits per heavy atom. The molecule has 1 heterocycles. The van der Waals surface area contributed by atoms with E-state index in [0.29, 0.717) is 5.92 Å². The lowest BCUT2D eigenvalue weighted by molar-refractivity contribution is -0.543. The van der Waals surface area contributed by atoms with Gasteiger partial charge in [-0.15, -0.1) is 0 Å². The summed E-state index contributed by atoms with van der Waals surface area (Å²) >= 11 is 0. The SMILES string of the molecule is CC(C)=CC[C@H]1C[C@H](C)[C@]2(O)OOC(C)(C)[C@@H]3CC[C@@]1(C)[C@@]32C(=O)C(C)C. The van der Waals surface area contributed by atoms with Gasteiger partial charge in [-0.3, -0.25) is 4.79 Å². The second-order valence-electron chi connectivity index (χ2n) is 10.7. The third kappa shape index (κ3) is 2.55. The van der Waals surface area contributed by atoms with Gasteiger partial charge in [0.25, 0.3) is 0 Å². The average Bonchev–Trinajstić information content (AvgIpc) is 2.90. The Morgan fingerprint density at radius 1 is 1.22 bits per heavy atom. The minimum atomic E-state index is -1.57. The van der Waals surface area contributed by atoms with E-state index in [1.807, 2.05) is 34.6 Å². The van der Waals surface area contributed by atoms with Gasteiger partial charge in [-0.1, -0.05) is 39.3 Å². The lowest BCUT2D eigenvalue weighted by Gasteiger charge is -2.66. The first-order valence-corrected chi connectivity index (χ1v) is 10.6. The maximum absolute atomic E-state index is 13.9. The Hall–Kier alpha value is -0.710. The van der Waals surface area contributed by atoms with Crippen LogP contribution >= 0.6 is 0 Å². The van der Waals surface area contributed by atoms with Gasteiger partial charge < -0.3 is 5.11 Å². The van der Waals surface area contributed by atoms with E-state index in [1.54, 1.807) is 0 Å². The van der Waals surface area contributed by atoms with E-state index in [9.17, 15) is 9.90 Å². The van der Waals surface area contributed by atoms with Crippen molar-refractivity contribution in [2.24, 2.45) is 34.5 Å². The molecule has 0 unspecified atom stereocenters. The lowest BCUT2D eigenvalue weighted by Crippen LogP contribution is -2.76. The smallest absolute Gasteiger partial charge is 0.215 e. The fraction of sp³-hybridized carbons (Fsp3) is 0.870. The quantitative estimate of drug-likeness (QED) is 0.549. The van der Waals surface area contributed by atoms with Gasteiger partial charge in [0.1, 0.15) is 11.4 Å². The molecule has 1 N–H and O–H groups in total. The number of carbonyl (C=O) groups excluding carboxylic acids is 1. The third-order valence-electron chi connectivity index (χ3n) is 8.09. The highest BCUT2D eigenvalue weighted by atomic mass is 17.2. The molecule has 2 aliphatic carbocycles. The number of allylic oxidation sites excluding steroid dienone is 2. The van der Waals surface area contributed by atoms with Crippen molar-refractivity contribution in [3.05, 3.63) is 11.6 Å². The maximum Gasteiger partial charge on any atom is 0.215 e. The van der Waals surface area contributed by atoms with Crippen molar-refractivity contribution >= 4 is 5.78 Å². The fourth-order valence-corrected chi connectivity index (χ4v) is 6.74. The van der Waals surface area contributed by atoms with Gasteiger partial charge in [-0.2, -0.15) is 4.89 Å². The van der Waals surface area contributed by atoms with E-state index < -0.39 is 16.8 Å². The average molecular weight is 379 g/mol. The normalized spacial score (nSPS) is 45.5. The van der Waals surface area contributed by atoms with Crippen LogP contribution in [0.2, 0.25) is 0 Å². The number of carbonyl (C=O) groups is 1. The van der Waals surface area contributed by atoms with E-state index in [2.05, 4.69) is 26.8 Å². The molecular formula is C23H38O4. The highest BCUT2D eigenvalue weighted by Gasteiger charge is 2.81. The Labute approximate surface area is 164 Å². The monoisotopic (exact) mass is 378 g/mol. The zero-order chi connectivity index (χ0) is 20.4. The Balaban J connectivity index is 2.25. The summed E-state index contributed by atoms with van der Waals surface area (Å²) in [5.74, 6) is -1.47. The summed E-state index contributed by atoms with van der Waals surface area (Å²) in [6.45, 7) is 16.4. The molecule has 0 aromatic carbocycles. The first kappa shape index (κ1) is 21.0. The minimum Gasteiger partial charge on any atom is -0.362 e. The molecule has 0 aromatic heterocycles. The van der Waals surface area contributed by atoms with Crippen LogP contribution in [0.1, 0.15) is 81.1 Å². The Morgan fingerprint density at radius 2 is 1.85 bits per heavy atom. The van der Waals surface area contributed by atoms with Crippen LogP contribution in [0.25, 0.3) is 0 Å². The molecule has 1 saturated heterocycles. The highest BCUT2D eigenvalue weighted by molar-refractivity contribution is 5.90. The molecule has 3 fully saturated rings. The summed E-state index contributed by atoms with van der Waals surface area (Å²) in [5, 5.41) is 11.9. The third-order valence-corrected chi connectivity index (χ3v) is 8.09. The van der Waals surface area contributed by atoms with Crippen molar-refractivity contribution in [3.8, 4) is 0 Å². The molecular weight excluding hydrogens is 340 g/mol. The summed E-state index contributed by atoms with van der Waals surface area (Å²) in [7, 11) is 0. The van der Waals surface area contributed by atoms with Crippen LogP contribution in [0.15, 0.2) is 11.6 Å². The van der Waals surface area contributed by atoms with Crippen molar-refractivity contribution in [2.75, 3.05) is 0 Å². The van der Waals surface area contributed by atoms with E-state index in [-0.39, 0.29) is 29.0 Å². The van der Waals surface area contributed by atoms with Crippen LogP contribution in [0.3, 0.4) is 0 Å². The van der Waals surface area contributed by atoms with E-state index in [1.165, 1.54) is 5.57 Å². The summed E-state index contributed by atoms with van der Waals surface area (Å²) < 4.78 is 0. The van der Waals surface area contributed by atoms with Crippen LogP contribution < -0.4 is 0 Å². The second kappa shape index (κ2) is 6.40. The van der Waals surface area contributed by atoms with Gasteiger partial charge in [0.15, 0.2) is 0 Å². The zero-order valence-electron chi connectivity index (χ0n) is 18.4. The second-order valence-corrected chi connectivity index (χ2v) is 10.7. The van der Waals surface area contributed by atoms with E-state index in [0.717, 1.165) is 25.7 Å². The van der Waals surface area contributed by atoms with Crippen LogP contribution in [0.5, 0.6) is 0 Å². The predicted molar refractivity (Wildman–Crippen MR) is 106 cm³/mol. The molecule has 2 saturated carbocycles. The van der Waals surface area contributed by atoms with Gasteiger partial charge in [0, 0.05) is 17.8 Å². The first-order chi connectivity index (χ1) is 12.3. The largest absolute Gasteiger partial charge is 0.362 e. The van der Waals surface area contributed by atoms with Crippen molar-refractivity contribution in [3.63, 3.8) is 0 Å². The number of Topliss-reactive ketones (excluding diaryl/α,β-unsaturated/α-hetero) is 1. The molecule has 27 heavy (non-hydrogen) atoms. The van der Waals surface area contributed by atoms with E-state index in [4.69, 9.17) is 9.78 Å². The fourth-order valence-electron chi connectivity index (χ4n) is 6.74. The van der Waals surface area contributed by atoms with Crippen molar-refractivity contribution in [1.29, 1.82) is 0 Å².